The normalized spacial score (nSPS) is 11.8. The number of aryl methyl sites for hydroxylation is 2. The van der Waals surface area contributed by atoms with E-state index in [2.05, 4.69) is 15.5 Å². The molecule has 0 aliphatic carbocycles. The number of hydrogen-bond donors (Lipinski definition) is 1. The molecule has 1 amide bonds. The molecule has 0 spiro atoms. The van der Waals surface area contributed by atoms with Crippen molar-refractivity contribution in [2.24, 2.45) is 0 Å². The van der Waals surface area contributed by atoms with Gasteiger partial charge in [-0.25, -0.2) is 0 Å². The van der Waals surface area contributed by atoms with E-state index in [-0.39, 0.29) is 11.7 Å². The third-order valence-corrected chi connectivity index (χ3v) is 6.42. The molecule has 0 fully saturated rings. The molecule has 3 aromatic carbocycles. The van der Waals surface area contributed by atoms with Gasteiger partial charge in [-0.1, -0.05) is 65.8 Å². The molecular weight excluding hydrogens is 468 g/mol. The van der Waals surface area contributed by atoms with E-state index in [9.17, 15) is 4.79 Å². The van der Waals surface area contributed by atoms with E-state index in [0.717, 1.165) is 22.5 Å². The number of hydrogen-bond acceptors (Lipinski definition) is 5. The van der Waals surface area contributed by atoms with Crippen LogP contribution in [0.15, 0.2) is 78.0 Å². The minimum absolute atomic E-state index is 0.108. The second kappa shape index (κ2) is 10.8. The van der Waals surface area contributed by atoms with E-state index in [1.54, 1.807) is 6.07 Å². The zero-order chi connectivity index (χ0) is 24.1. The molecule has 1 N–H and O–H groups in total. The van der Waals surface area contributed by atoms with Crippen molar-refractivity contribution in [2.75, 3.05) is 11.1 Å². The number of benzene rings is 3. The lowest BCUT2D eigenvalue weighted by Crippen LogP contribution is -2.16. The number of ether oxygens (including phenoxy) is 1. The van der Waals surface area contributed by atoms with Crippen molar-refractivity contribution in [3.05, 3.63) is 94.8 Å². The van der Waals surface area contributed by atoms with Gasteiger partial charge in [0.1, 0.15) is 5.75 Å². The Balaban J connectivity index is 1.55. The van der Waals surface area contributed by atoms with E-state index in [1.807, 2.05) is 92.1 Å². The lowest BCUT2D eigenvalue weighted by Gasteiger charge is -2.17. The highest BCUT2D eigenvalue weighted by molar-refractivity contribution is 7.99. The second-order valence-corrected chi connectivity index (χ2v) is 9.21. The van der Waals surface area contributed by atoms with Crippen LogP contribution in [0.4, 0.5) is 5.69 Å². The zero-order valence-electron chi connectivity index (χ0n) is 19.2. The van der Waals surface area contributed by atoms with E-state index in [4.69, 9.17) is 16.3 Å². The first kappa shape index (κ1) is 23.9. The van der Waals surface area contributed by atoms with Crippen molar-refractivity contribution in [1.82, 2.24) is 14.8 Å². The van der Waals surface area contributed by atoms with Gasteiger partial charge in [-0.15, -0.1) is 10.2 Å². The molecule has 1 heterocycles. The van der Waals surface area contributed by atoms with Gasteiger partial charge in [0.2, 0.25) is 5.91 Å². The van der Waals surface area contributed by atoms with Crippen LogP contribution >= 0.6 is 23.4 Å². The predicted octanol–water partition coefficient (Wildman–Crippen LogP) is 6.41. The number of para-hydroxylation sites is 2. The minimum Gasteiger partial charge on any atom is -0.481 e. The summed E-state index contributed by atoms with van der Waals surface area (Å²) in [4.78, 5) is 12.7. The zero-order valence-corrected chi connectivity index (χ0v) is 20.7. The number of halogens is 1. The lowest BCUT2D eigenvalue weighted by molar-refractivity contribution is -0.113. The maximum Gasteiger partial charge on any atom is 0.234 e. The Labute approximate surface area is 208 Å². The molecule has 0 saturated heterocycles. The van der Waals surface area contributed by atoms with Gasteiger partial charge in [0.05, 0.1) is 10.8 Å². The molecule has 0 aliphatic heterocycles. The molecule has 4 aromatic rings. The van der Waals surface area contributed by atoms with E-state index >= 15 is 0 Å². The van der Waals surface area contributed by atoms with Crippen molar-refractivity contribution < 1.29 is 9.53 Å². The van der Waals surface area contributed by atoms with Crippen molar-refractivity contribution in [1.29, 1.82) is 0 Å². The van der Waals surface area contributed by atoms with Crippen LogP contribution in [0.2, 0.25) is 5.02 Å². The maximum atomic E-state index is 12.7. The van der Waals surface area contributed by atoms with Crippen LogP contribution in [0.1, 0.15) is 30.0 Å². The molecule has 0 radical (unpaired) electrons. The van der Waals surface area contributed by atoms with Gasteiger partial charge in [0.15, 0.2) is 17.1 Å². The summed E-state index contributed by atoms with van der Waals surface area (Å²) in [5.41, 5.74) is 3.81. The molecule has 1 atom stereocenters. The topological polar surface area (TPSA) is 69.0 Å². The number of carbonyl (C=O) groups is 1. The van der Waals surface area contributed by atoms with Gasteiger partial charge in [0.25, 0.3) is 0 Å². The Kier molecular flexibility index (Phi) is 7.55. The van der Waals surface area contributed by atoms with Gasteiger partial charge in [-0.2, -0.15) is 0 Å². The van der Waals surface area contributed by atoms with Crippen molar-refractivity contribution in [3.63, 3.8) is 0 Å². The smallest absolute Gasteiger partial charge is 0.234 e. The first-order chi connectivity index (χ1) is 16.4. The molecule has 0 bridgehead atoms. The summed E-state index contributed by atoms with van der Waals surface area (Å²) in [6.45, 7) is 5.87. The first-order valence-electron chi connectivity index (χ1n) is 10.8. The largest absolute Gasteiger partial charge is 0.481 e. The maximum absolute atomic E-state index is 12.7. The average molecular weight is 493 g/mol. The molecular formula is C26H25ClN4O2S. The van der Waals surface area contributed by atoms with Crippen LogP contribution in [-0.2, 0) is 4.79 Å². The number of nitrogens with one attached hydrogen (secondary N) is 1. The van der Waals surface area contributed by atoms with Crippen LogP contribution in [0, 0.1) is 13.8 Å². The van der Waals surface area contributed by atoms with Crippen molar-refractivity contribution >= 4 is 35.0 Å². The quantitative estimate of drug-likeness (QED) is 0.288. The van der Waals surface area contributed by atoms with Crippen LogP contribution < -0.4 is 10.1 Å². The van der Waals surface area contributed by atoms with Gasteiger partial charge in [0, 0.05) is 11.4 Å². The van der Waals surface area contributed by atoms with E-state index < -0.39 is 6.10 Å². The minimum atomic E-state index is -0.425. The number of carbonyl (C=O) groups excluding carboxylic acids is 1. The molecule has 0 saturated carbocycles. The summed E-state index contributed by atoms with van der Waals surface area (Å²) in [6.07, 6.45) is -0.425. The molecule has 6 nitrogen and oxygen atoms in total. The summed E-state index contributed by atoms with van der Waals surface area (Å²) in [6, 6.07) is 23.1. The Morgan fingerprint density at radius 2 is 1.79 bits per heavy atom. The lowest BCUT2D eigenvalue weighted by atomic mass is 10.1. The average Bonchev–Trinajstić information content (AvgIpc) is 3.26. The number of rotatable bonds is 8. The van der Waals surface area contributed by atoms with Gasteiger partial charge in [-0.3, -0.25) is 9.36 Å². The fourth-order valence-corrected chi connectivity index (χ4v) is 4.37. The molecule has 34 heavy (non-hydrogen) atoms. The highest BCUT2D eigenvalue weighted by Crippen LogP contribution is 2.31. The summed E-state index contributed by atoms with van der Waals surface area (Å²) in [5.74, 6) is 1.27. The molecule has 4 rings (SSSR count). The molecule has 1 aromatic heterocycles. The van der Waals surface area contributed by atoms with Crippen LogP contribution in [0.3, 0.4) is 0 Å². The van der Waals surface area contributed by atoms with Crippen LogP contribution in [0.5, 0.6) is 5.75 Å². The third kappa shape index (κ3) is 5.61. The molecule has 8 heteroatoms. The number of aromatic nitrogens is 3. The highest BCUT2D eigenvalue weighted by atomic mass is 35.5. The van der Waals surface area contributed by atoms with Crippen LogP contribution in [-0.4, -0.2) is 26.4 Å². The van der Waals surface area contributed by atoms with E-state index in [0.29, 0.717) is 21.8 Å². The van der Waals surface area contributed by atoms with Crippen molar-refractivity contribution in [2.45, 2.75) is 32.0 Å². The summed E-state index contributed by atoms with van der Waals surface area (Å²) < 4.78 is 8.01. The monoisotopic (exact) mass is 492 g/mol. The van der Waals surface area contributed by atoms with E-state index in [1.165, 1.54) is 11.8 Å². The van der Waals surface area contributed by atoms with Gasteiger partial charge in [-0.05, 0) is 62.2 Å². The fraction of sp³-hybridized carbons (Fsp3) is 0.192. The Morgan fingerprint density at radius 3 is 2.56 bits per heavy atom. The molecule has 1 unspecified atom stereocenters. The number of nitrogens with zero attached hydrogens (tertiary/aromatic N) is 3. The SMILES string of the molecule is Cc1ccc(C)c(NC(=O)CSc2nnc(C(C)Oc3ccccc3Cl)n2-c2ccccc2)c1. The predicted molar refractivity (Wildman–Crippen MR) is 137 cm³/mol. The Hall–Kier alpha value is -3.29. The second-order valence-electron chi connectivity index (χ2n) is 7.86. The summed E-state index contributed by atoms with van der Waals surface area (Å²) in [7, 11) is 0. The van der Waals surface area contributed by atoms with Gasteiger partial charge >= 0.3 is 0 Å². The number of thioether (sulfide) groups is 1. The highest BCUT2D eigenvalue weighted by Gasteiger charge is 2.22. The summed E-state index contributed by atoms with van der Waals surface area (Å²) in [5, 5.41) is 12.9. The van der Waals surface area contributed by atoms with Crippen LogP contribution in [0.25, 0.3) is 5.69 Å². The van der Waals surface area contributed by atoms with Gasteiger partial charge < -0.3 is 10.1 Å². The summed E-state index contributed by atoms with van der Waals surface area (Å²) >= 11 is 7.60. The third-order valence-electron chi connectivity index (χ3n) is 5.18. The first-order valence-corrected chi connectivity index (χ1v) is 12.2. The standard InChI is InChI=1S/C26H25ClN4O2S/c1-17-13-14-18(2)22(15-17)28-24(32)16-34-26-30-29-25(31(26)20-9-5-4-6-10-20)19(3)33-23-12-8-7-11-21(23)27/h4-15,19H,16H2,1-3H3,(H,28,32). The molecule has 0 aliphatic rings. The molecule has 174 valence electrons. The Bertz CT molecular complexity index is 1290. The Morgan fingerprint density at radius 1 is 1.06 bits per heavy atom. The van der Waals surface area contributed by atoms with Crippen molar-refractivity contribution in [3.8, 4) is 11.4 Å². The number of anilines is 1. The fourth-order valence-electron chi connectivity index (χ4n) is 3.43. The number of amides is 1.